The second kappa shape index (κ2) is 8.14. The van der Waals surface area contributed by atoms with Crippen LogP contribution in [0.25, 0.3) is 0 Å². The molecule has 0 atom stereocenters. The number of carbonyl (C=O) groups is 1. The maximum absolute atomic E-state index is 13.2. The summed E-state index contributed by atoms with van der Waals surface area (Å²) >= 11 is 0. The predicted octanol–water partition coefficient (Wildman–Crippen LogP) is 1.73. The van der Waals surface area contributed by atoms with Crippen LogP contribution in [0.15, 0.2) is 28.4 Å². The van der Waals surface area contributed by atoms with Crippen LogP contribution in [0.5, 0.6) is 0 Å². The summed E-state index contributed by atoms with van der Waals surface area (Å²) < 4.78 is 0. The number of rotatable bonds is 4. The highest BCUT2D eigenvalue weighted by atomic mass is 16.3. The lowest BCUT2D eigenvalue weighted by molar-refractivity contribution is -0.128. The Morgan fingerprint density at radius 3 is 2.67 bits per heavy atom. The van der Waals surface area contributed by atoms with Gasteiger partial charge in [0.1, 0.15) is 0 Å². The lowest BCUT2D eigenvalue weighted by Gasteiger charge is -2.36. The number of aliphatic imine (C=N–C) groups is 2. The largest absolute Gasteiger partial charge is 0.381 e. The van der Waals surface area contributed by atoms with E-state index in [1.807, 2.05) is 29.7 Å². The summed E-state index contributed by atoms with van der Waals surface area (Å²) in [7, 11) is 0. The zero-order valence-electron chi connectivity index (χ0n) is 16.1. The highest BCUT2D eigenvalue weighted by Crippen LogP contribution is 2.43. The van der Waals surface area contributed by atoms with Crippen LogP contribution in [0.1, 0.15) is 33.1 Å². The van der Waals surface area contributed by atoms with Gasteiger partial charge in [-0.15, -0.1) is 0 Å². The van der Waals surface area contributed by atoms with E-state index in [4.69, 9.17) is 0 Å². The Bertz CT molecular complexity index is 725. The molecule has 0 radical (unpaired) electrons. The normalized spacial score (nSPS) is 20.5. The number of piperidine rings is 1. The Morgan fingerprint density at radius 2 is 2.04 bits per heavy atom. The third kappa shape index (κ3) is 4.17. The lowest BCUT2D eigenvalue weighted by Crippen LogP contribution is -2.45. The number of anilines is 2. The maximum atomic E-state index is 13.2. The van der Waals surface area contributed by atoms with E-state index in [-0.39, 0.29) is 24.1 Å². The van der Waals surface area contributed by atoms with E-state index >= 15 is 0 Å². The van der Waals surface area contributed by atoms with Gasteiger partial charge in [-0.1, -0.05) is 0 Å². The van der Waals surface area contributed by atoms with Crippen LogP contribution >= 0.6 is 0 Å². The Labute approximate surface area is 160 Å². The minimum atomic E-state index is -0.304. The zero-order chi connectivity index (χ0) is 19.4. The third-order valence-corrected chi connectivity index (χ3v) is 5.35. The van der Waals surface area contributed by atoms with Crippen molar-refractivity contribution in [2.45, 2.75) is 39.2 Å². The van der Waals surface area contributed by atoms with Gasteiger partial charge in [-0.3, -0.25) is 14.7 Å². The van der Waals surface area contributed by atoms with Crippen molar-refractivity contribution in [3.63, 3.8) is 0 Å². The number of amides is 1. The number of carbonyl (C=O) groups excluding carboxylic acids is 1. The fourth-order valence-electron chi connectivity index (χ4n) is 3.78. The zero-order valence-corrected chi connectivity index (χ0v) is 16.1. The second-order valence-corrected chi connectivity index (χ2v) is 7.51. The molecule has 0 unspecified atom stereocenters. The SMILES string of the molecule is C=N/C(=N\C(C)C)Nc1cncc(N2CCC3(CCN(CO)CC3)C2=O)c1. The molecule has 0 aromatic carbocycles. The average molecular weight is 372 g/mol. The van der Waals surface area contributed by atoms with Crippen LogP contribution in [-0.4, -0.2) is 66.0 Å². The number of aliphatic hydroxyl groups excluding tert-OH is 1. The van der Waals surface area contributed by atoms with Gasteiger partial charge in [-0.2, -0.15) is 0 Å². The molecule has 1 amide bonds. The molecule has 8 nitrogen and oxygen atoms in total. The highest BCUT2D eigenvalue weighted by molar-refractivity contribution is 6.01. The summed E-state index contributed by atoms with van der Waals surface area (Å²) in [6.45, 7) is 9.74. The van der Waals surface area contributed by atoms with Gasteiger partial charge in [-0.25, -0.2) is 9.98 Å². The molecule has 3 heterocycles. The van der Waals surface area contributed by atoms with Gasteiger partial charge in [0.25, 0.3) is 0 Å². The van der Waals surface area contributed by atoms with Crippen LogP contribution in [0.2, 0.25) is 0 Å². The summed E-state index contributed by atoms with van der Waals surface area (Å²) in [6, 6.07) is 1.99. The van der Waals surface area contributed by atoms with Gasteiger partial charge in [0.15, 0.2) is 0 Å². The molecule has 1 spiro atoms. The van der Waals surface area contributed by atoms with Crippen LogP contribution in [0.3, 0.4) is 0 Å². The van der Waals surface area contributed by atoms with Crippen molar-refractivity contribution in [3.8, 4) is 0 Å². The third-order valence-electron chi connectivity index (χ3n) is 5.35. The molecule has 1 aromatic rings. The molecule has 2 aliphatic heterocycles. The summed E-state index contributed by atoms with van der Waals surface area (Å²) in [4.78, 5) is 29.5. The van der Waals surface area contributed by atoms with Crippen molar-refractivity contribution in [2.75, 3.05) is 36.6 Å². The summed E-state index contributed by atoms with van der Waals surface area (Å²) in [5.41, 5.74) is 1.20. The van der Waals surface area contributed by atoms with Crippen molar-refractivity contribution in [3.05, 3.63) is 18.5 Å². The lowest BCUT2D eigenvalue weighted by atomic mass is 9.77. The molecule has 146 valence electrons. The first-order valence-electron chi connectivity index (χ1n) is 9.39. The van der Waals surface area contributed by atoms with Gasteiger partial charge in [0.2, 0.25) is 11.9 Å². The van der Waals surface area contributed by atoms with Crippen molar-refractivity contribution in [2.24, 2.45) is 15.4 Å². The van der Waals surface area contributed by atoms with Crippen molar-refractivity contribution in [1.29, 1.82) is 0 Å². The average Bonchev–Trinajstić information content (AvgIpc) is 2.98. The molecular weight excluding hydrogens is 344 g/mol. The van der Waals surface area contributed by atoms with E-state index in [1.165, 1.54) is 0 Å². The van der Waals surface area contributed by atoms with Gasteiger partial charge in [0, 0.05) is 25.7 Å². The summed E-state index contributed by atoms with van der Waals surface area (Å²) in [6.07, 6.45) is 5.82. The Hall–Kier alpha value is -2.32. The van der Waals surface area contributed by atoms with Crippen molar-refractivity contribution < 1.29 is 9.90 Å². The van der Waals surface area contributed by atoms with Gasteiger partial charge >= 0.3 is 0 Å². The number of aliphatic hydroxyl groups is 1. The molecule has 1 aromatic heterocycles. The van der Waals surface area contributed by atoms with Crippen LogP contribution in [0, 0.1) is 5.41 Å². The van der Waals surface area contributed by atoms with E-state index < -0.39 is 0 Å². The first-order chi connectivity index (χ1) is 13.0. The number of aromatic nitrogens is 1. The Morgan fingerprint density at radius 1 is 1.33 bits per heavy atom. The number of hydrogen-bond donors (Lipinski definition) is 2. The van der Waals surface area contributed by atoms with Gasteiger partial charge in [-0.05, 0) is 45.9 Å². The van der Waals surface area contributed by atoms with Crippen LogP contribution in [-0.2, 0) is 4.79 Å². The minimum Gasteiger partial charge on any atom is -0.381 e. The molecule has 0 saturated carbocycles. The van der Waals surface area contributed by atoms with Crippen LogP contribution < -0.4 is 10.2 Å². The monoisotopic (exact) mass is 372 g/mol. The van der Waals surface area contributed by atoms with Gasteiger partial charge in [0.05, 0.1) is 35.9 Å². The highest BCUT2D eigenvalue weighted by Gasteiger charge is 2.48. The predicted molar refractivity (Wildman–Crippen MR) is 107 cm³/mol. The summed E-state index contributed by atoms with van der Waals surface area (Å²) in [5.74, 6) is 0.599. The number of nitrogens with one attached hydrogen (secondary N) is 1. The van der Waals surface area contributed by atoms with Crippen LogP contribution in [0.4, 0.5) is 11.4 Å². The van der Waals surface area contributed by atoms with E-state index in [2.05, 4.69) is 27.0 Å². The first kappa shape index (κ1) is 19.4. The minimum absolute atomic E-state index is 0.0588. The van der Waals surface area contributed by atoms with Crippen molar-refractivity contribution >= 4 is 30.0 Å². The molecule has 2 N–H and O–H groups in total. The Balaban J connectivity index is 1.74. The molecular formula is C19H28N6O2. The molecule has 27 heavy (non-hydrogen) atoms. The number of nitrogens with zero attached hydrogens (tertiary/aromatic N) is 5. The number of pyridine rings is 1. The molecule has 2 aliphatic rings. The molecule has 8 heteroatoms. The van der Waals surface area contributed by atoms with E-state index in [0.29, 0.717) is 12.5 Å². The molecule has 2 fully saturated rings. The molecule has 2 saturated heterocycles. The maximum Gasteiger partial charge on any atom is 0.233 e. The summed E-state index contributed by atoms with van der Waals surface area (Å²) in [5, 5.41) is 12.4. The van der Waals surface area contributed by atoms with E-state index in [9.17, 15) is 9.90 Å². The van der Waals surface area contributed by atoms with Gasteiger partial charge < -0.3 is 15.3 Å². The number of hydrogen-bond acceptors (Lipinski definition) is 5. The molecule has 0 aliphatic carbocycles. The number of guanidine groups is 1. The smallest absolute Gasteiger partial charge is 0.233 e. The van der Waals surface area contributed by atoms with E-state index in [1.54, 1.807) is 12.4 Å². The fourth-order valence-corrected chi connectivity index (χ4v) is 3.78. The Kier molecular flexibility index (Phi) is 5.86. The quantitative estimate of drug-likeness (QED) is 0.620. The fraction of sp³-hybridized carbons (Fsp3) is 0.579. The second-order valence-electron chi connectivity index (χ2n) is 7.51. The van der Waals surface area contributed by atoms with Crippen molar-refractivity contribution in [1.82, 2.24) is 9.88 Å². The van der Waals surface area contributed by atoms with E-state index in [0.717, 1.165) is 43.7 Å². The molecule has 0 bridgehead atoms. The first-order valence-corrected chi connectivity index (χ1v) is 9.39. The number of likely N-dealkylation sites (tertiary alicyclic amines) is 1. The molecule has 3 rings (SSSR count). The standard InChI is InChI=1S/C19H28N6O2/c1-14(2)22-18(20-3)23-15-10-16(12-21-11-15)25-9-6-19(17(25)27)4-7-24(13-26)8-5-19/h10-12,14,26H,3-9,13H2,1-2H3,(H,22,23). The topological polar surface area (TPSA) is 93.4 Å².